The van der Waals surface area contributed by atoms with Gasteiger partial charge in [0.25, 0.3) is 0 Å². The minimum Gasteiger partial charge on any atom is -0.359 e. The monoisotopic (exact) mass is 346 g/mol. The summed E-state index contributed by atoms with van der Waals surface area (Å²) in [4.78, 5) is 0.543. The van der Waals surface area contributed by atoms with Gasteiger partial charge in [-0.3, -0.25) is 0 Å². The molecule has 0 aromatic heterocycles. The Morgan fingerprint density at radius 2 is 2.05 bits per heavy atom. The second kappa shape index (κ2) is 5.69. The molecule has 0 radical (unpaired) electrons. The van der Waals surface area contributed by atoms with E-state index in [1.165, 1.54) is 17.6 Å². The van der Waals surface area contributed by atoms with Crippen molar-refractivity contribution in [2.24, 2.45) is 5.41 Å². The molecule has 0 N–H and O–H groups in total. The third-order valence-electron chi connectivity index (χ3n) is 5.03. The number of fused-ring (bicyclic) bond motifs is 1. The van der Waals surface area contributed by atoms with E-state index in [9.17, 15) is 0 Å². The van der Waals surface area contributed by atoms with Gasteiger partial charge >= 0.3 is 0 Å². The van der Waals surface area contributed by atoms with Crippen LogP contribution in [-0.4, -0.2) is 44.3 Å². The molecule has 0 bridgehead atoms. The summed E-state index contributed by atoms with van der Waals surface area (Å²) in [6, 6.07) is 0. The number of hydrogen-bond acceptors (Lipinski definition) is 4. The third-order valence-corrected chi connectivity index (χ3v) is 6.50. The Kier molecular flexibility index (Phi) is 4.26. The lowest BCUT2D eigenvalue weighted by atomic mass is 9.70. The minimum atomic E-state index is -0.528. The standard InChI is InChI=1S/C15H23BrO4/c1-14-5-6-15(19-7-8-20-15)12(9-18-10-17-2)11(14)3-4-13(14)16/h13H,3-10H2,1-2H3/t13-,14-/m1/s1. The summed E-state index contributed by atoms with van der Waals surface area (Å²) in [5, 5.41) is 0. The predicted octanol–water partition coefficient (Wildman–Crippen LogP) is 3.00. The molecule has 20 heavy (non-hydrogen) atoms. The first kappa shape index (κ1) is 15.0. The van der Waals surface area contributed by atoms with Crippen molar-refractivity contribution in [1.82, 2.24) is 0 Å². The summed E-state index contributed by atoms with van der Waals surface area (Å²) < 4.78 is 22.6. The van der Waals surface area contributed by atoms with Crippen molar-refractivity contribution in [1.29, 1.82) is 0 Å². The Bertz CT molecular complexity index is 403. The summed E-state index contributed by atoms with van der Waals surface area (Å²) in [7, 11) is 1.64. The van der Waals surface area contributed by atoms with E-state index in [-0.39, 0.29) is 5.41 Å². The number of methoxy groups -OCH3 is 1. The molecule has 0 amide bonds. The van der Waals surface area contributed by atoms with Crippen LogP contribution < -0.4 is 0 Å². The second-order valence-electron chi connectivity index (χ2n) is 6.09. The van der Waals surface area contributed by atoms with Crippen molar-refractivity contribution in [3.05, 3.63) is 11.1 Å². The van der Waals surface area contributed by atoms with Crippen LogP contribution in [0.5, 0.6) is 0 Å². The van der Waals surface area contributed by atoms with Crippen molar-refractivity contribution < 1.29 is 18.9 Å². The van der Waals surface area contributed by atoms with Gasteiger partial charge < -0.3 is 18.9 Å². The fraction of sp³-hybridized carbons (Fsp3) is 0.867. The van der Waals surface area contributed by atoms with Crippen LogP contribution in [0.15, 0.2) is 11.1 Å². The lowest BCUT2D eigenvalue weighted by molar-refractivity contribution is -0.152. The first-order valence-electron chi connectivity index (χ1n) is 7.34. The Morgan fingerprint density at radius 1 is 1.30 bits per heavy atom. The number of alkyl halides is 1. The van der Waals surface area contributed by atoms with Crippen LogP contribution in [0.2, 0.25) is 0 Å². The fourth-order valence-corrected chi connectivity index (χ4v) is 4.60. The normalized spacial score (nSPS) is 35.9. The first-order chi connectivity index (χ1) is 9.62. The Balaban J connectivity index is 1.93. The van der Waals surface area contributed by atoms with E-state index < -0.39 is 5.79 Å². The van der Waals surface area contributed by atoms with E-state index in [2.05, 4.69) is 22.9 Å². The van der Waals surface area contributed by atoms with Gasteiger partial charge in [-0.25, -0.2) is 0 Å². The van der Waals surface area contributed by atoms with Gasteiger partial charge in [0.2, 0.25) is 0 Å². The van der Waals surface area contributed by atoms with E-state index in [1.807, 2.05) is 0 Å². The van der Waals surface area contributed by atoms with E-state index in [1.54, 1.807) is 7.11 Å². The zero-order chi connectivity index (χ0) is 14.2. The highest BCUT2D eigenvalue weighted by atomic mass is 79.9. The molecule has 1 heterocycles. The first-order valence-corrected chi connectivity index (χ1v) is 8.25. The zero-order valence-electron chi connectivity index (χ0n) is 12.2. The lowest BCUT2D eigenvalue weighted by Crippen LogP contribution is -2.44. The lowest BCUT2D eigenvalue weighted by Gasteiger charge is -2.43. The van der Waals surface area contributed by atoms with E-state index in [0.29, 0.717) is 31.4 Å². The summed E-state index contributed by atoms with van der Waals surface area (Å²) in [6.45, 7) is 4.55. The molecule has 4 nitrogen and oxygen atoms in total. The highest BCUT2D eigenvalue weighted by molar-refractivity contribution is 9.09. The highest BCUT2D eigenvalue weighted by Crippen LogP contribution is 2.57. The largest absolute Gasteiger partial charge is 0.359 e. The van der Waals surface area contributed by atoms with Gasteiger partial charge in [-0.15, -0.1) is 0 Å². The molecule has 1 aliphatic heterocycles. The maximum Gasteiger partial charge on any atom is 0.193 e. The molecule has 3 aliphatic rings. The number of hydrogen-bond donors (Lipinski definition) is 0. The topological polar surface area (TPSA) is 36.9 Å². The van der Waals surface area contributed by atoms with Crippen molar-refractivity contribution in [3.63, 3.8) is 0 Å². The Hall–Kier alpha value is 0.0600. The van der Waals surface area contributed by atoms with E-state index in [0.717, 1.165) is 19.3 Å². The van der Waals surface area contributed by atoms with E-state index >= 15 is 0 Å². The van der Waals surface area contributed by atoms with Gasteiger partial charge in [-0.1, -0.05) is 28.4 Å². The van der Waals surface area contributed by atoms with Gasteiger partial charge in [-0.05, 0) is 19.3 Å². The van der Waals surface area contributed by atoms with Crippen molar-refractivity contribution in [3.8, 4) is 0 Å². The number of rotatable bonds is 4. The molecule has 2 aliphatic carbocycles. The zero-order valence-corrected chi connectivity index (χ0v) is 13.8. The minimum absolute atomic E-state index is 0.215. The van der Waals surface area contributed by atoms with Crippen LogP contribution in [0.25, 0.3) is 0 Å². The van der Waals surface area contributed by atoms with Gasteiger partial charge in [0.05, 0.1) is 19.8 Å². The molecule has 1 saturated heterocycles. The molecule has 0 aromatic rings. The van der Waals surface area contributed by atoms with Crippen LogP contribution >= 0.6 is 15.9 Å². The summed E-state index contributed by atoms with van der Waals surface area (Å²) in [5.74, 6) is -0.528. The van der Waals surface area contributed by atoms with Crippen molar-refractivity contribution >= 4 is 15.9 Å². The molecule has 114 valence electrons. The van der Waals surface area contributed by atoms with Crippen LogP contribution in [-0.2, 0) is 18.9 Å². The quantitative estimate of drug-likeness (QED) is 0.339. The molecule has 2 atom stereocenters. The Morgan fingerprint density at radius 3 is 2.75 bits per heavy atom. The van der Waals surface area contributed by atoms with Crippen LogP contribution in [0.4, 0.5) is 0 Å². The summed E-state index contributed by atoms with van der Waals surface area (Å²) in [5.41, 5.74) is 2.90. The van der Waals surface area contributed by atoms with Gasteiger partial charge in [0, 0.05) is 29.3 Å². The average molecular weight is 347 g/mol. The van der Waals surface area contributed by atoms with Gasteiger partial charge in [0.15, 0.2) is 5.79 Å². The summed E-state index contributed by atoms with van der Waals surface area (Å²) >= 11 is 3.86. The molecular weight excluding hydrogens is 324 g/mol. The Labute approximate surface area is 128 Å². The highest BCUT2D eigenvalue weighted by Gasteiger charge is 2.54. The molecule has 1 saturated carbocycles. The molecule has 1 spiro atoms. The smallest absolute Gasteiger partial charge is 0.193 e. The second-order valence-corrected chi connectivity index (χ2v) is 7.19. The number of halogens is 1. The molecular formula is C15H23BrO4. The maximum absolute atomic E-state index is 6.00. The molecule has 0 unspecified atom stereocenters. The van der Waals surface area contributed by atoms with Gasteiger partial charge in [-0.2, -0.15) is 0 Å². The molecule has 3 rings (SSSR count). The number of ether oxygens (including phenoxy) is 4. The SMILES string of the molecule is COCOCC1=C2CC[C@@H](Br)[C@]2(C)CCC12OCCO2. The number of allylic oxidation sites excluding steroid dienone is 1. The van der Waals surface area contributed by atoms with Crippen LogP contribution in [0.3, 0.4) is 0 Å². The maximum atomic E-state index is 6.00. The van der Waals surface area contributed by atoms with Crippen molar-refractivity contribution in [2.75, 3.05) is 33.7 Å². The van der Waals surface area contributed by atoms with Crippen LogP contribution in [0.1, 0.15) is 32.6 Å². The third kappa shape index (κ3) is 2.28. The fourth-order valence-electron chi connectivity index (χ4n) is 3.87. The molecule has 5 heteroatoms. The molecule has 2 fully saturated rings. The predicted molar refractivity (Wildman–Crippen MR) is 78.8 cm³/mol. The molecule has 0 aromatic carbocycles. The van der Waals surface area contributed by atoms with E-state index in [4.69, 9.17) is 18.9 Å². The van der Waals surface area contributed by atoms with Crippen molar-refractivity contribution in [2.45, 2.75) is 43.2 Å². The van der Waals surface area contributed by atoms with Gasteiger partial charge in [0.1, 0.15) is 6.79 Å². The van der Waals surface area contributed by atoms with Crippen LogP contribution in [0, 0.1) is 5.41 Å². The summed E-state index contributed by atoms with van der Waals surface area (Å²) in [6.07, 6.45) is 4.30. The average Bonchev–Trinajstić information content (AvgIpc) is 3.02.